The Labute approximate surface area is 135 Å². The SMILES string of the molecule is C=CC[C@@]1(c2ncc(-c3cccnc3OC)[nH]2)CCCC(=O)N1. The van der Waals surface area contributed by atoms with Gasteiger partial charge in [-0.15, -0.1) is 6.58 Å². The molecule has 3 heterocycles. The molecule has 1 amide bonds. The number of pyridine rings is 1. The second-order valence-electron chi connectivity index (χ2n) is 5.68. The number of H-pyrrole nitrogens is 1. The zero-order valence-electron chi connectivity index (χ0n) is 13.1. The standard InChI is InChI=1S/C17H20N4O2/c1-3-8-17(9-4-7-14(22)21-17)16-19-11-13(20-16)12-6-5-10-18-15(12)23-2/h3,5-6,10-11H,1,4,7-9H2,2H3,(H,19,20)(H,21,22)/t17-/m0/s1. The number of nitrogens with zero attached hydrogens (tertiary/aromatic N) is 2. The number of hydrogen-bond donors (Lipinski definition) is 2. The molecule has 1 aliphatic rings. The molecule has 0 radical (unpaired) electrons. The van der Waals surface area contributed by atoms with Gasteiger partial charge in [0.2, 0.25) is 11.8 Å². The van der Waals surface area contributed by atoms with Crippen LogP contribution in [0.5, 0.6) is 5.88 Å². The predicted molar refractivity (Wildman–Crippen MR) is 86.9 cm³/mol. The molecule has 0 unspecified atom stereocenters. The third-order valence-corrected chi connectivity index (χ3v) is 4.16. The summed E-state index contributed by atoms with van der Waals surface area (Å²) in [6, 6.07) is 3.77. The predicted octanol–water partition coefficient (Wildman–Crippen LogP) is 2.55. The number of rotatable bonds is 5. The Kier molecular flexibility index (Phi) is 4.14. The van der Waals surface area contributed by atoms with Gasteiger partial charge in [0.25, 0.3) is 0 Å². The van der Waals surface area contributed by atoms with Crippen LogP contribution >= 0.6 is 0 Å². The largest absolute Gasteiger partial charge is 0.481 e. The van der Waals surface area contributed by atoms with Crippen LogP contribution in [-0.2, 0) is 10.3 Å². The summed E-state index contributed by atoms with van der Waals surface area (Å²) < 4.78 is 5.30. The Balaban J connectivity index is 1.99. The lowest BCUT2D eigenvalue weighted by molar-refractivity contribution is -0.125. The highest BCUT2D eigenvalue weighted by atomic mass is 16.5. The third kappa shape index (κ3) is 2.84. The minimum atomic E-state index is -0.509. The first-order valence-electron chi connectivity index (χ1n) is 7.65. The Bertz CT molecular complexity index is 725. The summed E-state index contributed by atoms with van der Waals surface area (Å²) in [6.07, 6.45) is 8.12. The summed E-state index contributed by atoms with van der Waals surface area (Å²) in [5.74, 6) is 1.33. The highest BCUT2D eigenvalue weighted by Crippen LogP contribution is 2.34. The number of aromatic amines is 1. The van der Waals surface area contributed by atoms with Crippen molar-refractivity contribution in [1.29, 1.82) is 0 Å². The van der Waals surface area contributed by atoms with Gasteiger partial charge in [-0.2, -0.15) is 0 Å². The summed E-state index contributed by atoms with van der Waals surface area (Å²) in [5, 5.41) is 3.09. The average Bonchev–Trinajstić information content (AvgIpc) is 3.05. The van der Waals surface area contributed by atoms with E-state index in [0.717, 1.165) is 29.9 Å². The zero-order chi connectivity index (χ0) is 16.3. The van der Waals surface area contributed by atoms with E-state index >= 15 is 0 Å². The maximum absolute atomic E-state index is 11.9. The van der Waals surface area contributed by atoms with Crippen molar-refractivity contribution in [3.63, 3.8) is 0 Å². The normalized spacial score (nSPS) is 20.8. The molecule has 6 heteroatoms. The Morgan fingerprint density at radius 3 is 3.09 bits per heavy atom. The Morgan fingerprint density at radius 1 is 1.48 bits per heavy atom. The first-order chi connectivity index (χ1) is 11.2. The van der Waals surface area contributed by atoms with E-state index in [1.807, 2.05) is 18.2 Å². The molecule has 2 aromatic heterocycles. The van der Waals surface area contributed by atoms with Crippen LogP contribution in [0.15, 0.2) is 37.2 Å². The highest BCUT2D eigenvalue weighted by Gasteiger charge is 2.38. The third-order valence-electron chi connectivity index (χ3n) is 4.16. The summed E-state index contributed by atoms with van der Waals surface area (Å²) in [6.45, 7) is 3.82. The maximum atomic E-state index is 11.9. The molecular formula is C17H20N4O2. The molecule has 1 saturated heterocycles. The van der Waals surface area contributed by atoms with E-state index < -0.39 is 5.54 Å². The number of aromatic nitrogens is 3. The summed E-state index contributed by atoms with van der Waals surface area (Å²) in [7, 11) is 1.59. The van der Waals surface area contributed by atoms with Crippen molar-refractivity contribution in [1.82, 2.24) is 20.3 Å². The molecule has 6 nitrogen and oxygen atoms in total. The van der Waals surface area contributed by atoms with Gasteiger partial charge in [-0.05, 0) is 31.4 Å². The molecule has 1 aliphatic heterocycles. The minimum Gasteiger partial charge on any atom is -0.481 e. The molecule has 0 saturated carbocycles. The number of methoxy groups -OCH3 is 1. The molecule has 0 aliphatic carbocycles. The lowest BCUT2D eigenvalue weighted by Crippen LogP contribution is -2.49. The number of ether oxygens (including phenoxy) is 1. The van der Waals surface area contributed by atoms with Crippen molar-refractivity contribution in [3.8, 4) is 17.1 Å². The number of carbonyl (C=O) groups is 1. The van der Waals surface area contributed by atoms with Gasteiger partial charge in [-0.1, -0.05) is 6.08 Å². The molecule has 0 aromatic carbocycles. The van der Waals surface area contributed by atoms with Gasteiger partial charge < -0.3 is 15.0 Å². The van der Waals surface area contributed by atoms with Gasteiger partial charge >= 0.3 is 0 Å². The van der Waals surface area contributed by atoms with Gasteiger partial charge in [0.05, 0.1) is 24.6 Å². The fourth-order valence-electron chi connectivity index (χ4n) is 3.08. The highest BCUT2D eigenvalue weighted by molar-refractivity contribution is 5.78. The molecule has 1 atom stereocenters. The fourth-order valence-corrected chi connectivity index (χ4v) is 3.08. The Morgan fingerprint density at radius 2 is 2.35 bits per heavy atom. The van der Waals surface area contributed by atoms with E-state index in [-0.39, 0.29) is 5.91 Å². The maximum Gasteiger partial charge on any atom is 0.222 e. The van der Waals surface area contributed by atoms with Crippen LogP contribution < -0.4 is 10.1 Å². The van der Waals surface area contributed by atoms with Gasteiger partial charge in [0.1, 0.15) is 11.4 Å². The van der Waals surface area contributed by atoms with Gasteiger partial charge in [-0.25, -0.2) is 9.97 Å². The zero-order valence-corrected chi connectivity index (χ0v) is 13.1. The smallest absolute Gasteiger partial charge is 0.222 e. The average molecular weight is 312 g/mol. The van der Waals surface area contributed by atoms with Gasteiger partial charge in [0.15, 0.2) is 0 Å². The second kappa shape index (κ2) is 6.24. The first kappa shape index (κ1) is 15.3. The van der Waals surface area contributed by atoms with Crippen molar-refractivity contribution in [2.45, 2.75) is 31.2 Å². The molecule has 0 spiro atoms. The van der Waals surface area contributed by atoms with Crippen LogP contribution in [0.25, 0.3) is 11.3 Å². The van der Waals surface area contributed by atoms with Crippen LogP contribution in [-0.4, -0.2) is 28.0 Å². The first-order valence-corrected chi connectivity index (χ1v) is 7.65. The van der Waals surface area contributed by atoms with Crippen molar-refractivity contribution < 1.29 is 9.53 Å². The lowest BCUT2D eigenvalue weighted by Gasteiger charge is -2.35. The van der Waals surface area contributed by atoms with E-state index in [9.17, 15) is 4.79 Å². The topological polar surface area (TPSA) is 79.9 Å². The van der Waals surface area contributed by atoms with Crippen molar-refractivity contribution in [3.05, 3.63) is 43.0 Å². The van der Waals surface area contributed by atoms with Crippen LogP contribution in [0.1, 0.15) is 31.5 Å². The fraction of sp³-hybridized carbons (Fsp3) is 0.353. The summed E-state index contributed by atoms with van der Waals surface area (Å²) in [5.41, 5.74) is 1.14. The van der Waals surface area contributed by atoms with Crippen LogP contribution in [0.4, 0.5) is 0 Å². The second-order valence-corrected chi connectivity index (χ2v) is 5.68. The quantitative estimate of drug-likeness (QED) is 0.832. The van der Waals surface area contributed by atoms with Gasteiger partial charge in [0, 0.05) is 12.6 Å². The van der Waals surface area contributed by atoms with E-state index in [1.165, 1.54) is 0 Å². The molecule has 1 fully saturated rings. The molecule has 120 valence electrons. The number of imidazole rings is 1. The van der Waals surface area contributed by atoms with Crippen molar-refractivity contribution in [2.75, 3.05) is 7.11 Å². The summed E-state index contributed by atoms with van der Waals surface area (Å²) in [4.78, 5) is 23.9. The molecule has 23 heavy (non-hydrogen) atoms. The number of carbonyl (C=O) groups excluding carboxylic acids is 1. The van der Waals surface area contributed by atoms with Crippen LogP contribution in [0.3, 0.4) is 0 Å². The number of piperidine rings is 1. The summed E-state index contributed by atoms with van der Waals surface area (Å²) >= 11 is 0. The molecule has 2 N–H and O–H groups in total. The molecule has 3 rings (SSSR count). The van der Waals surface area contributed by atoms with Crippen molar-refractivity contribution in [2.24, 2.45) is 0 Å². The number of amides is 1. The van der Waals surface area contributed by atoms with E-state index in [1.54, 1.807) is 19.5 Å². The molecular weight excluding hydrogens is 292 g/mol. The lowest BCUT2D eigenvalue weighted by atomic mass is 9.85. The van der Waals surface area contributed by atoms with E-state index in [2.05, 4.69) is 26.8 Å². The Hall–Kier alpha value is -2.63. The number of nitrogens with one attached hydrogen (secondary N) is 2. The van der Waals surface area contributed by atoms with Crippen molar-refractivity contribution >= 4 is 5.91 Å². The molecule has 2 aromatic rings. The molecule has 0 bridgehead atoms. The van der Waals surface area contributed by atoms with Crippen LogP contribution in [0.2, 0.25) is 0 Å². The minimum absolute atomic E-state index is 0.0509. The monoisotopic (exact) mass is 312 g/mol. The van der Waals surface area contributed by atoms with Crippen LogP contribution in [0, 0.1) is 0 Å². The van der Waals surface area contributed by atoms with E-state index in [0.29, 0.717) is 18.7 Å². The van der Waals surface area contributed by atoms with E-state index in [4.69, 9.17) is 4.74 Å². The van der Waals surface area contributed by atoms with Gasteiger partial charge in [-0.3, -0.25) is 4.79 Å². The number of hydrogen-bond acceptors (Lipinski definition) is 4.